The summed E-state index contributed by atoms with van der Waals surface area (Å²) in [6.07, 6.45) is 0.726. The van der Waals surface area contributed by atoms with Crippen LogP contribution in [0.15, 0.2) is 48.5 Å². The summed E-state index contributed by atoms with van der Waals surface area (Å²) in [7, 11) is 0. The van der Waals surface area contributed by atoms with Gasteiger partial charge in [0.1, 0.15) is 18.1 Å². The summed E-state index contributed by atoms with van der Waals surface area (Å²) >= 11 is 1.43. The van der Waals surface area contributed by atoms with Crippen molar-refractivity contribution in [3.05, 3.63) is 69.7 Å². The molecule has 0 fully saturated rings. The summed E-state index contributed by atoms with van der Waals surface area (Å²) in [5, 5.41) is 3.85. The Morgan fingerprint density at radius 3 is 2.69 bits per heavy atom. The third kappa shape index (κ3) is 3.55. The first kappa shape index (κ1) is 16.6. The van der Waals surface area contributed by atoms with Gasteiger partial charge in [0.05, 0.1) is 10.7 Å². The number of ether oxygens (including phenoxy) is 2. The van der Waals surface area contributed by atoms with Gasteiger partial charge in [-0.05, 0) is 24.6 Å². The normalized spacial score (nSPS) is 12.7. The second-order valence-corrected chi connectivity index (χ2v) is 7.08. The number of nitrogens with one attached hydrogen (secondary N) is 1. The predicted octanol–water partition coefficient (Wildman–Crippen LogP) is 4.07. The number of amides is 1. The van der Waals surface area contributed by atoms with Gasteiger partial charge in [0.25, 0.3) is 5.91 Å². The van der Waals surface area contributed by atoms with E-state index < -0.39 is 0 Å². The number of benzene rings is 2. The molecule has 4 rings (SSSR count). The molecule has 0 unspecified atom stereocenters. The molecule has 132 valence electrons. The Kier molecular flexibility index (Phi) is 4.58. The van der Waals surface area contributed by atoms with Crippen LogP contribution in [-0.4, -0.2) is 24.1 Å². The Labute approximate surface area is 155 Å². The van der Waals surface area contributed by atoms with Crippen LogP contribution in [0.4, 0.5) is 5.69 Å². The fraction of sp³-hybridized carbons (Fsp3) is 0.200. The summed E-state index contributed by atoms with van der Waals surface area (Å²) in [6.45, 7) is 2.92. The average Bonchev–Trinajstić information content (AvgIpc) is 3.03. The van der Waals surface area contributed by atoms with Crippen LogP contribution in [0.2, 0.25) is 0 Å². The quantitative estimate of drug-likeness (QED) is 0.756. The van der Waals surface area contributed by atoms with Crippen molar-refractivity contribution in [1.82, 2.24) is 4.98 Å². The molecular formula is C20H18N2O3S. The lowest BCUT2D eigenvalue weighted by Gasteiger charge is -2.18. The van der Waals surface area contributed by atoms with Gasteiger partial charge in [-0.1, -0.05) is 30.3 Å². The third-order valence-electron chi connectivity index (χ3n) is 4.05. The van der Waals surface area contributed by atoms with E-state index in [1.54, 1.807) is 6.07 Å². The van der Waals surface area contributed by atoms with Crippen LogP contribution in [0.1, 0.15) is 25.9 Å². The van der Waals surface area contributed by atoms with Crippen LogP contribution >= 0.6 is 11.3 Å². The van der Waals surface area contributed by atoms with Crippen molar-refractivity contribution >= 4 is 22.9 Å². The minimum atomic E-state index is -0.156. The van der Waals surface area contributed by atoms with Crippen molar-refractivity contribution in [2.45, 2.75) is 13.3 Å². The van der Waals surface area contributed by atoms with Crippen molar-refractivity contribution in [3.63, 3.8) is 0 Å². The monoisotopic (exact) mass is 366 g/mol. The molecule has 6 heteroatoms. The molecule has 1 aromatic heterocycles. The molecule has 2 aromatic carbocycles. The van der Waals surface area contributed by atoms with E-state index in [1.165, 1.54) is 16.9 Å². The number of fused-ring (bicyclic) bond motifs is 1. The van der Waals surface area contributed by atoms with E-state index in [0.29, 0.717) is 35.3 Å². The molecule has 0 bridgehead atoms. The lowest BCUT2D eigenvalue weighted by Crippen LogP contribution is -2.16. The van der Waals surface area contributed by atoms with Crippen molar-refractivity contribution in [3.8, 4) is 11.5 Å². The smallest absolute Gasteiger partial charge is 0.267 e. The number of aryl methyl sites for hydroxylation is 1. The van der Waals surface area contributed by atoms with Gasteiger partial charge in [0, 0.05) is 18.2 Å². The van der Waals surface area contributed by atoms with Crippen molar-refractivity contribution in [1.29, 1.82) is 0 Å². The molecule has 5 nitrogen and oxygen atoms in total. The molecule has 0 aliphatic carbocycles. The van der Waals surface area contributed by atoms with E-state index in [0.717, 1.165) is 17.1 Å². The molecule has 1 aliphatic rings. The molecule has 0 saturated carbocycles. The minimum Gasteiger partial charge on any atom is -0.486 e. The summed E-state index contributed by atoms with van der Waals surface area (Å²) in [6, 6.07) is 15.5. The van der Waals surface area contributed by atoms with Crippen LogP contribution in [-0.2, 0) is 6.42 Å². The number of carbonyl (C=O) groups is 1. The van der Waals surface area contributed by atoms with Crippen LogP contribution < -0.4 is 14.8 Å². The van der Waals surface area contributed by atoms with Gasteiger partial charge < -0.3 is 14.8 Å². The summed E-state index contributed by atoms with van der Waals surface area (Å²) in [5.41, 5.74) is 2.60. The molecule has 0 saturated heterocycles. The first-order valence-corrected chi connectivity index (χ1v) is 9.22. The maximum atomic E-state index is 12.7. The Balaban J connectivity index is 1.50. The average molecular weight is 366 g/mol. The highest BCUT2D eigenvalue weighted by molar-refractivity contribution is 7.14. The zero-order valence-corrected chi connectivity index (χ0v) is 15.1. The number of aromatic nitrogens is 1. The number of hydrogen-bond donors (Lipinski definition) is 1. The molecule has 2 heterocycles. The fourth-order valence-corrected chi connectivity index (χ4v) is 3.81. The molecule has 1 amide bonds. The Morgan fingerprint density at radius 1 is 1.12 bits per heavy atom. The Bertz CT molecular complexity index is 937. The SMILES string of the molecule is Cc1nc(Cc2ccccc2)sc1C(=O)Nc1ccc2c(c1)OCCO2. The fourth-order valence-electron chi connectivity index (χ4n) is 2.82. The molecule has 0 atom stereocenters. The second-order valence-electron chi connectivity index (χ2n) is 6.00. The second kappa shape index (κ2) is 7.17. The molecule has 1 N–H and O–H groups in total. The first-order chi connectivity index (χ1) is 12.7. The maximum Gasteiger partial charge on any atom is 0.267 e. The number of thiazole rings is 1. The predicted molar refractivity (Wildman–Crippen MR) is 101 cm³/mol. The molecule has 1 aliphatic heterocycles. The molecule has 0 radical (unpaired) electrons. The van der Waals surface area contributed by atoms with Gasteiger partial charge in [-0.3, -0.25) is 4.79 Å². The third-order valence-corrected chi connectivity index (χ3v) is 5.20. The number of carbonyl (C=O) groups excluding carboxylic acids is 1. The summed E-state index contributed by atoms with van der Waals surface area (Å²) in [4.78, 5) is 17.8. The van der Waals surface area contributed by atoms with Crippen molar-refractivity contribution in [2.24, 2.45) is 0 Å². The van der Waals surface area contributed by atoms with Crippen LogP contribution in [0.25, 0.3) is 0 Å². The van der Waals surface area contributed by atoms with E-state index in [-0.39, 0.29) is 5.91 Å². The van der Waals surface area contributed by atoms with Gasteiger partial charge in [-0.25, -0.2) is 4.98 Å². The standard InChI is InChI=1S/C20H18N2O3S/c1-13-19(26-18(21-13)11-14-5-3-2-4-6-14)20(23)22-15-7-8-16-17(12-15)25-10-9-24-16/h2-8,12H,9-11H2,1H3,(H,22,23). The van der Waals surface area contributed by atoms with Gasteiger partial charge in [-0.2, -0.15) is 0 Å². The topological polar surface area (TPSA) is 60.5 Å². The molecule has 0 spiro atoms. The van der Waals surface area contributed by atoms with Gasteiger partial charge in [-0.15, -0.1) is 11.3 Å². The Hall–Kier alpha value is -2.86. The summed E-state index contributed by atoms with van der Waals surface area (Å²) in [5.74, 6) is 1.20. The van der Waals surface area contributed by atoms with E-state index in [2.05, 4.69) is 22.4 Å². The van der Waals surface area contributed by atoms with E-state index in [9.17, 15) is 4.79 Å². The largest absolute Gasteiger partial charge is 0.486 e. The zero-order valence-electron chi connectivity index (χ0n) is 14.3. The van der Waals surface area contributed by atoms with E-state index in [4.69, 9.17) is 9.47 Å². The number of nitrogens with zero attached hydrogens (tertiary/aromatic N) is 1. The van der Waals surface area contributed by atoms with Crippen molar-refractivity contribution in [2.75, 3.05) is 18.5 Å². The molecular weight excluding hydrogens is 348 g/mol. The van der Waals surface area contributed by atoms with Crippen LogP contribution in [0.5, 0.6) is 11.5 Å². The highest BCUT2D eigenvalue weighted by atomic mass is 32.1. The Morgan fingerprint density at radius 2 is 1.88 bits per heavy atom. The van der Waals surface area contributed by atoms with E-state index in [1.807, 2.05) is 37.3 Å². The number of anilines is 1. The molecule has 3 aromatic rings. The lowest BCUT2D eigenvalue weighted by atomic mass is 10.2. The van der Waals surface area contributed by atoms with Crippen LogP contribution in [0.3, 0.4) is 0 Å². The lowest BCUT2D eigenvalue weighted by molar-refractivity contribution is 0.102. The number of hydrogen-bond acceptors (Lipinski definition) is 5. The van der Waals surface area contributed by atoms with Crippen molar-refractivity contribution < 1.29 is 14.3 Å². The van der Waals surface area contributed by atoms with Gasteiger partial charge in [0.15, 0.2) is 11.5 Å². The van der Waals surface area contributed by atoms with Crippen LogP contribution in [0, 0.1) is 6.92 Å². The first-order valence-electron chi connectivity index (χ1n) is 8.40. The van der Waals surface area contributed by atoms with Gasteiger partial charge in [0.2, 0.25) is 0 Å². The maximum absolute atomic E-state index is 12.7. The number of rotatable bonds is 4. The highest BCUT2D eigenvalue weighted by Gasteiger charge is 2.17. The van der Waals surface area contributed by atoms with E-state index >= 15 is 0 Å². The highest BCUT2D eigenvalue weighted by Crippen LogP contribution is 2.33. The molecule has 26 heavy (non-hydrogen) atoms. The van der Waals surface area contributed by atoms with Gasteiger partial charge >= 0.3 is 0 Å². The minimum absolute atomic E-state index is 0.156. The zero-order chi connectivity index (χ0) is 17.9. The summed E-state index contributed by atoms with van der Waals surface area (Å²) < 4.78 is 11.1.